The number of nitriles is 1. The first kappa shape index (κ1) is 16.7. The number of nitrogens with zero attached hydrogens (tertiary/aromatic N) is 4. The average Bonchev–Trinajstić information content (AvgIpc) is 2.62. The van der Waals surface area contributed by atoms with E-state index in [4.69, 9.17) is 16.9 Å². The van der Waals surface area contributed by atoms with E-state index in [2.05, 4.69) is 4.98 Å². The Morgan fingerprint density at radius 2 is 2.00 bits per heavy atom. The third kappa shape index (κ3) is 3.52. The summed E-state index contributed by atoms with van der Waals surface area (Å²) in [6.45, 7) is -0.310. The Kier molecular flexibility index (Phi) is 4.78. The van der Waals surface area contributed by atoms with Crippen molar-refractivity contribution in [2.24, 2.45) is 0 Å². The van der Waals surface area contributed by atoms with Gasteiger partial charge in [-0.15, -0.1) is 0 Å². The predicted octanol–water partition coefficient (Wildman–Crippen LogP) is 2.61. The summed E-state index contributed by atoms with van der Waals surface area (Å²) in [5.74, 6) is -0.370. The lowest BCUT2D eigenvalue weighted by molar-refractivity contribution is -0.119. The van der Waals surface area contributed by atoms with Crippen LogP contribution in [0.25, 0.3) is 10.9 Å². The molecule has 0 radical (unpaired) electrons. The first-order valence-corrected chi connectivity index (χ1v) is 7.85. The van der Waals surface area contributed by atoms with Gasteiger partial charge in [0.25, 0.3) is 5.56 Å². The minimum atomic E-state index is -0.370. The molecule has 0 aliphatic heterocycles. The van der Waals surface area contributed by atoms with Crippen LogP contribution in [0.2, 0.25) is 5.02 Å². The molecule has 0 aliphatic carbocycles. The van der Waals surface area contributed by atoms with Gasteiger partial charge in [-0.1, -0.05) is 29.8 Å². The third-order valence-electron chi connectivity index (χ3n) is 3.69. The first-order valence-electron chi connectivity index (χ1n) is 7.47. The van der Waals surface area contributed by atoms with Crippen LogP contribution in [0.3, 0.4) is 0 Å². The van der Waals surface area contributed by atoms with Crippen LogP contribution >= 0.6 is 11.6 Å². The SMILES string of the molecule is N#CCN(C(=O)Cn1cnc2cc(Cl)ccc2c1=O)c1ccccc1. The highest BCUT2D eigenvalue weighted by Crippen LogP contribution is 2.15. The van der Waals surface area contributed by atoms with E-state index in [1.54, 1.807) is 42.5 Å². The molecule has 1 aromatic heterocycles. The lowest BCUT2D eigenvalue weighted by Gasteiger charge is -2.20. The maximum absolute atomic E-state index is 12.6. The largest absolute Gasteiger partial charge is 0.297 e. The molecule has 1 heterocycles. The van der Waals surface area contributed by atoms with Crippen molar-refractivity contribution >= 4 is 34.1 Å². The molecule has 25 heavy (non-hydrogen) atoms. The second-order valence-corrected chi connectivity index (χ2v) is 5.75. The fraction of sp³-hybridized carbons (Fsp3) is 0.111. The van der Waals surface area contributed by atoms with Crippen LogP contribution in [0.4, 0.5) is 5.69 Å². The van der Waals surface area contributed by atoms with E-state index in [1.807, 2.05) is 12.1 Å². The molecule has 0 spiro atoms. The molecular formula is C18H13ClN4O2. The first-order chi connectivity index (χ1) is 12.1. The lowest BCUT2D eigenvalue weighted by Crippen LogP contribution is -2.37. The maximum atomic E-state index is 12.6. The molecule has 0 unspecified atom stereocenters. The number of anilines is 1. The zero-order valence-corrected chi connectivity index (χ0v) is 13.8. The van der Waals surface area contributed by atoms with E-state index in [-0.39, 0.29) is 24.6 Å². The second-order valence-electron chi connectivity index (χ2n) is 5.31. The number of hydrogen-bond donors (Lipinski definition) is 0. The van der Waals surface area contributed by atoms with Gasteiger partial charge in [0, 0.05) is 10.7 Å². The van der Waals surface area contributed by atoms with Crippen LogP contribution in [0, 0.1) is 11.3 Å². The minimum Gasteiger partial charge on any atom is -0.297 e. The van der Waals surface area contributed by atoms with Crippen LogP contribution in [0.15, 0.2) is 59.7 Å². The molecule has 0 bridgehead atoms. The predicted molar refractivity (Wildman–Crippen MR) is 95.4 cm³/mol. The molecule has 0 N–H and O–H groups in total. The zero-order valence-electron chi connectivity index (χ0n) is 13.1. The van der Waals surface area contributed by atoms with Crippen LogP contribution < -0.4 is 10.5 Å². The van der Waals surface area contributed by atoms with Gasteiger partial charge in [0.15, 0.2) is 0 Å². The number of para-hydroxylation sites is 1. The van der Waals surface area contributed by atoms with E-state index >= 15 is 0 Å². The summed E-state index contributed by atoms with van der Waals surface area (Å²) >= 11 is 5.90. The average molecular weight is 353 g/mol. The Labute approximate surface area is 148 Å². The fourth-order valence-electron chi connectivity index (χ4n) is 2.48. The van der Waals surface area contributed by atoms with Gasteiger partial charge >= 0.3 is 0 Å². The number of fused-ring (bicyclic) bond motifs is 1. The van der Waals surface area contributed by atoms with Gasteiger partial charge in [-0.05, 0) is 30.3 Å². The number of carbonyl (C=O) groups excluding carboxylic acids is 1. The summed E-state index contributed by atoms with van der Waals surface area (Å²) in [4.78, 5) is 30.7. The monoisotopic (exact) mass is 352 g/mol. The van der Waals surface area contributed by atoms with Crippen LogP contribution in [-0.4, -0.2) is 22.0 Å². The number of rotatable bonds is 4. The number of benzene rings is 2. The van der Waals surface area contributed by atoms with Crippen molar-refractivity contribution in [3.63, 3.8) is 0 Å². The minimum absolute atomic E-state index is 0.103. The molecule has 3 aromatic rings. The van der Waals surface area contributed by atoms with Crippen molar-refractivity contribution < 1.29 is 4.79 Å². The summed E-state index contributed by atoms with van der Waals surface area (Å²) in [6, 6.07) is 15.6. The summed E-state index contributed by atoms with van der Waals surface area (Å²) < 4.78 is 1.23. The molecule has 124 valence electrons. The topological polar surface area (TPSA) is 79.0 Å². The van der Waals surface area contributed by atoms with E-state index in [9.17, 15) is 9.59 Å². The summed E-state index contributed by atoms with van der Waals surface area (Å²) in [7, 11) is 0. The lowest BCUT2D eigenvalue weighted by atomic mass is 10.2. The van der Waals surface area contributed by atoms with Crippen LogP contribution in [-0.2, 0) is 11.3 Å². The number of amides is 1. The van der Waals surface area contributed by atoms with Crippen LogP contribution in [0.5, 0.6) is 0 Å². The molecule has 7 heteroatoms. The summed E-state index contributed by atoms with van der Waals surface area (Å²) in [5, 5.41) is 9.86. The number of halogens is 1. The highest BCUT2D eigenvalue weighted by molar-refractivity contribution is 6.31. The Morgan fingerprint density at radius 1 is 1.24 bits per heavy atom. The molecule has 0 saturated carbocycles. The number of aromatic nitrogens is 2. The van der Waals surface area contributed by atoms with Crippen molar-refractivity contribution in [3.05, 3.63) is 70.2 Å². The zero-order chi connectivity index (χ0) is 17.8. The van der Waals surface area contributed by atoms with Crippen molar-refractivity contribution in [2.75, 3.05) is 11.4 Å². The molecule has 2 aromatic carbocycles. The molecule has 1 amide bonds. The van der Waals surface area contributed by atoms with Crippen molar-refractivity contribution in [1.29, 1.82) is 5.26 Å². The molecule has 0 fully saturated rings. The van der Waals surface area contributed by atoms with Crippen molar-refractivity contribution in [1.82, 2.24) is 9.55 Å². The Hall–Kier alpha value is -3.17. The van der Waals surface area contributed by atoms with E-state index in [0.29, 0.717) is 21.6 Å². The van der Waals surface area contributed by atoms with E-state index in [1.165, 1.54) is 15.8 Å². The Morgan fingerprint density at radius 3 is 2.72 bits per heavy atom. The van der Waals surface area contributed by atoms with Gasteiger partial charge in [-0.2, -0.15) is 5.26 Å². The summed E-state index contributed by atoms with van der Waals surface area (Å²) in [5.41, 5.74) is 0.737. The highest BCUT2D eigenvalue weighted by Gasteiger charge is 2.17. The smallest absolute Gasteiger partial charge is 0.261 e. The fourth-order valence-corrected chi connectivity index (χ4v) is 2.64. The Bertz CT molecular complexity index is 1020. The second kappa shape index (κ2) is 7.16. The van der Waals surface area contributed by atoms with E-state index < -0.39 is 0 Å². The van der Waals surface area contributed by atoms with Gasteiger partial charge in [-0.25, -0.2) is 4.98 Å². The maximum Gasteiger partial charge on any atom is 0.261 e. The molecule has 0 saturated heterocycles. The van der Waals surface area contributed by atoms with Gasteiger partial charge < -0.3 is 0 Å². The molecule has 3 rings (SSSR count). The molecule has 0 atom stereocenters. The molecule has 6 nitrogen and oxygen atoms in total. The molecule has 0 aliphatic rings. The third-order valence-corrected chi connectivity index (χ3v) is 3.93. The van der Waals surface area contributed by atoms with Gasteiger partial charge in [0.1, 0.15) is 13.1 Å². The van der Waals surface area contributed by atoms with E-state index in [0.717, 1.165) is 0 Å². The van der Waals surface area contributed by atoms with Gasteiger partial charge in [0.05, 0.1) is 23.3 Å². The van der Waals surface area contributed by atoms with Crippen molar-refractivity contribution in [3.8, 4) is 6.07 Å². The Balaban J connectivity index is 1.93. The highest BCUT2D eigenvalue weighted by atomic mass is 35.5. The van der Waals surface area contributed by atoms with Crippen LogP contribution in [0.1, 0.15) is 0 Å². The van der Waals surface area contributed by atoms with Gasteiger partial charge in [-0.3, -0.25) is 19.1 Å². The van der Waals surface area contributed by atoms with Gasteiger partial charge in [0.2, 0.25) is 5.91 Å². The quantitative estimate of drug-likeness (QED) is 0.676. The van der Waals surface area contributed by atoms with Crippen molar-refractivity contribution in [2.45, 2.75) is 6.54 Å². The standard InChI is InChI=1S/C18H13ClN4O2/c19-13-6-7-15-16(10-13)21-12-22(18(15)25)11-17(24)23(9-8-20)14-4-2-1-3-5-14/h1-7,10,12H,9,11H2. The number of carbonyl (C=O) groups is 1. The normalized spacial score (nSPS) is 10.4. The molecular weight excluding hydrogens is 340 g/mol. The summed E-state index contributed by atoms with van der Waals surface area (Å²) in [6.07, 6.45) is 1.31. The number of hydrogen-bond acceptors (Lipinski definition) is 4.